The predicted octanol–water partition coefficient (Wildman–Crippen LogP) is 3.49. The van der Waals surface area contributed by atoms with E-state index in [-0.39, 0.29) is 5.78 Å². The van der Waals surface area contributed by atoms with Gasteiger partial charge in [0.05, 0.1) is 5.92 Å². The van der Waals surface area contributed by atoms with Crippen molar-refractivity contribution in [3.8, 4) is 0 Å². The minimum Gasteiger partial charge on any atom is -0.384 e. The molecule has 3 heteroatoms. The van der Waals surface area contributed by atoms with Crippen LogP contribution in [-0.4, -0.2) is 35.4 Å². The van der Waals surface area contributed by atoms with E-state index in [9.17, 15) is 9.90 Å². The molecule has 24 heavy (non-hydrogen) atoms. The molecule has 1 aliphatic heterocycles. The number of ketones is 1. The van der Waals surface area contributed by atoms with E-state index in [1.54, 1.807) is 0 Å². The number of carbonyl (C=O) groups is 1. The molecule has 0 saturated carbocycles. The first-order chi connectivity index (χ1) is 11.6. The lowest BCUT2D eigenvalue weighted by atomic mass is 9.72. The molecular weight excluding hydrogens is 298 g/mol. The summed E-state index contributed by atoms with van der Waals surface area (Å²) in [6.07, 6.45) is 1.64. The van der Waals surface area contributed by atoms with Crippen molar-refractivity contribution in [2.75, 3.05) is 19.6 Å². The van der Waals surface area contributed by atoms with Crippen LogP contribution in [-0.2, 0) is 5.60 Å². The highest BCUT2D eigenvalue weighted by Gasteiger charge is 2.46. The summed E-state index contributed by atoms with van der Waals surface area (Å²) in [5.41, 5.74) is 0.420. The largest absolute Gasteiger partial charge is 0.384 e. The van der Waals surface area contributed by atoms with Gasteiger partial charge in [0.15, 0.2) is 5.78 Å². The highest BCUT2D eigenvalue weighted by Crippen LogP contribution is 2.39. The van der Waals surface area contributed by atoms with Crippen molar-refractivity contribution >= 4 is 5.78 Å². The van der Waals surface area contributed by atoms with Crippen LogP contribution in [0, 0.1) is 5.92 Å². The topological polar surface area (TPSA) is 40.5 Å². The normalized spacial score (nSPS) is 24.7. The monoisotopic (exact) mass is 323 g/mol. The van der Waals surface area contributed by atoms with Gasteiger partial charge in [0.25, 0.3) is 0 Å². The molecule has 1 N–H and O–H groups in total. The number of hydrogen-bond donors (Lipinski definition) is 1. The zero-order chi connectivity index (χ0) is 17.0. The Morgan fingerprint density at radius 3 is 2.38 bits per heavy atom. The van der Waals surface area contributed by atoms with E-state index in [2.05, 4.69) is 11.8 Å². The SMILES string of the molecule is CCCN1CC[C@@](O)(c2ccccc2)C(C(=O)c2ccccc2)C1. The highest BCUT2D eigenvalue weighted by molar-refractivity contribution is 5.98. The zero-order valence-electron chi connectivity index (χ0n) is 14.2. The van der Waals surface area contributed by atoms with Crippen molar-refractivity contribution < 1.29 is 9.90 Å². The molecule has 1 fully saturated rings. The molecule has 2 aromatic carbocycles. The maximum Gasteiger partial charge on any atom is 0.170 e. The first kappa shape index (κ1) is 16.9. The highest BCUT2D eigenvalue weighted by atomic mass is 16.3. The van der Waals surface area contributed by atoms with Crippen molar-refractivity contribution in [3.63, 3.8) is 0 Å². The van der Waals surface area contributed by atoms with Gasteiger partial charge in [-0.2, -0.15) is 0 Å². The van der Waals surface area contributed by atoms with E-state index < -0.39 is 11.5 Å². The Balaban J connectivity index is 1.96. The van der Waals surface area contributed by atoms with Gasteiger partial charge in [0, 0.05) is 18.7 Å². The van der Waals surface area contributed by atoms with Crippen molar-refractivity contribution in [2.45, 2.75) is 25.4 Å². The molecule has 0 amide bonds. The van der Waals surface area contributed by atoms with E-state index in [0.717, 1.165) is 25.1 Å². The third kappa shape index (κ3) is 3.28. The van der Waals surface area contributed by atoms with Crippen LogP contribution in [0.4, 0.5) is 0 Å². The van der Waals surface area contributed by atoms with E-state index >= 15 is 0 Å². The summed E-state index contributed by atoms with van der Waals surface area (Å²) in [4.78, 5) is 15.4. The van der Waals surface area contributed by atoms with E-state index in [1.165, 1.54) is 0 Å². The van der Waals surface area contributed by atoms with Crippen LogP contribution in [0.25, 0.3) is 0 Å². The van der Waals surface area contributed by atoms with Crippen LogP contribution in [0.3, 0.4) is 0 Å². The standard InChI is InChI=1S/C21H25NO2/c1-2-14-22-15-13-21(24,18-11-7-4-8-12-18)19(16-22)20(23)17-9-5-3-6-10-17/h3-12,19,24H,2,13-16H2,1H3/t19?,21-/m1/s1. The molecule has 0 aromatic heterocycles. The molecule has 0 aliphatic carbocycles. The fourth-order valence-corrected chi connectivity index (χ4v) is 3.70. The lowest BCUT2D eigenvalue weighted by molar-refractivity contribution is -0.0640. The van der Waals surface area contributed by atoms with Crippen molar-refractivity contribution in [1.82, 2.24) is 4.90 Å². The van der Waals surface area contributed by atoms with Crippen LogP contribution < -0.4 is 0 Å². The molecule has 0 spiro atoms. The maximum atomic E-state index is 13.2. The molecule has 1 saturated heterocycles. The number of Topliss-reactive ketones (excluding diaryl/α,β-unsaturated/α-hetero) is 1. The molecule has 2 atom stereocenters. The number of benzene rings is 2. The summed E-state index contributed by atoms with van der Waals surface area (Å²) in [5, 5.41) is 11.5. The van der Waals surface area contributed by atoms with Crippen molar-refractivity contribution in [1.29, 1.82) is 0 Å². The second kappa shape index (κ2) is 7.29. The van der Waals surface area contributed by atoms with Crippen LogP contribution in [0.15, 0.2) is 60.7 Å². The first-order valence-electron chi connectivity index (χ1n) is 8.74. The van der Waals surface area contributed by atoms with Crippen molar-refractivity contribution in [2.24, 2.45) is 5.92 Å². The number of nitrogens with zero attached hydrogens (tertiary/aromatic N) is 1. The molecular formula is C21H25NO2. The van der Waals surface area contributed by atoms with Gasteiger partial charge >= 0.3 is 0 Å². The van der Waals surface area contributed by atoms with Gasteiger partial charge < -0.3 is 10.0 Å². The molecule has 2 aromatic rings. The Labute approximate surface area is 143 Å². The number of likely N-dealkylation sites (tertiary alicyclic amines) is 1. The Hall–Kier alpha value is -1.97. The van der Waals surface area contributed by atoms with Gasteiger partial charge in [-0.1, -0.05) is 67.6 Å². The van der Waals surface area contributed by atoms with Gasteiger partial charge in [-0.05, 0) is 24.9 Å². The summed E-state index contributed by atoms with van der Waals surface area (Å²) in [6.45, 7) is 4.53. The van der Waals surface area contributed by atoms with Gasteiger partial charge in [-0.15, -0.1) is 0 Å². The quantitative estimate of drug-likeness (QED) is 0.856. The van der Waals surface area contributed by atoms with Gasteiger partial charge in [0.1, 0.15) is 5.60 Å². The third-order valence-corrected chi connectivity index (χ3v) is 5.01. The lowest BCUT2D eigenvalue weighted by Gasteiger charge is -2.44. The lowest BCUT2D eigenvalue weighted by Crippen LogP contribution is -2.53. The average Bonchev–Trinajstić information content (AvgIpc) is 2.64. The first-order valence-corrected chi connectivity index (χ1v) is 8.74. The number of carbonyl (C=O) groups excluding carboxylic acids is 1. The third-order valence-electron chi connectivity index (χ3n) is 5.01. The van der Waals surface area contributed by atoms with Gasteiger partial charge in [-0.3, -0.25) is 4.79 Å². The maximum absolute atomic E-state index is 13.2. The van der Waals surface area contributed by atoms with Crippen LogP contribution >= 0.6 is 0 Å². The van der Waals surface area contributed by atoms with E-state index in [1.807, 2.05) is 60.7 Å². The molecule has 3 rings (SSSR count). The molecule has 126 valence electrons. The summed E-state index contributed by atoms with van der Waals surface area (Å²) in [5.74, 6) is -0.412. The van der Waals surface area contributed by atoms with Gasteiger partial charge in [0.2, 0.25) is 0 Å². The van der Waals surface area contributed by atoms with Crippen LogP contribution in [0.1, 0.15) is 35.7 Å². The Morgan fingerprint density at radius 2 is 1.75 bits per heavy atom. The fraction of sp³-hybridized carbons (Fsp3) is 0.381. The van der Waals surface area contributed by atoms with E-state index in [0.29, 0.717) is 18.5 Å². The molecule has 1 heterocycles. The zero-order valence-corrected chi connectivity index (χ0v) is 14.2. The minimum atomic E-state index is -1.10. The fourth-order valence-electron chi connectivity index (χ4n) is 3.70. The number of aliphatic hydroxyl groups is 1. The summed E-state index contributed by atoms with van der Waals surface area (Å²) >= 11 is 0. The Morgan fingerprint density at radius 1 is 1.12 bits per heavy atom. The number of piperidine rings is 1. The van der Waals surface area contributed by atoms with Gasteiger partial charge in [-0.25, -0.2) is 0 Å². The predicted molar refractivity (Wildman–Crippen MR) is 95.9 cm³/mol. The van der Waals surface area contributed by atoms with E-state index in [4.69, 9.17) is 0 Å². The molecule has 1 unspecified atom stereocenters. The van der Waals surface area contributed by atoms with Crippen molar-refractivity contribution in [3.05, 3.63) is 71.8 Å². The molecule has 3 nitrogen and oxygen atoms in total. The Kier molecular flexibility index (Phi) is 5.12. The summed E-state index contributed by atoms with van der Waals surface area (Å²) in [7, 11) is 0. The average molecular weight is 323 g/mol. The summed E-state index contributed by atoms with van der Waals surface area (Å²) < 4.78 is 0. The number of rotatable bonds is 5. The van der Waals surface area contributed by atoms with Crippen LogP contribution in [0.2, 0.25) is 0 Å². The Bertz CT molecular complexity index is 671. The molecule has 0 bridgehead atoms. The molecule has 1 aliphatic rings. The smallest absolute Gasteiger partial charge is 0.170 e. The second-order valence-corrected chi connectivity index (χ2v) is 6.62. The van der Waals surface area contributed by atoms with Crippen LogP contribution in [0.5, 0.6) is 0 Å². The minimum absolute atomic E-state index is 0.0303. The molecule has 0 radical (unpaired) electrons. The second-order valence-electron chi connectivity index (χ2n) is 6.62. The summed E-state index contributed by atoms with van der Waals surface area (Å²) in [6, 6.07) is 19.0. The number of hydrogen-bond acceptors (Lipinski definition) is 3.